The Hall–Kier alpha value is -2.91. The Bertz CT molecular complexity index is 1020. The fourth-order valence-corrected chi connectivity index (χ4v) is 3.49. The van der Waals surface area contributed by atoms with Gasteiger partial charge in [-0.1, -0.05) is 6.92 Å². The molecule has 0 atom stereocenters. The highest BCUT2D eigenvalue weighted by Gasteiger charge is 2.14. The van der Waals surface area contributed by atoms with Crippen molar-refractivity contribution in [3.05, 3.63) is 44.2 Å². The normalized spacial score (nSPS) is 10.6. The summed E-state index contributed by atoms with van der Waals surface area (Å²) < 4.78 is 22.6. The number of rotatable bonds is 11. The van der Waals surface area contributed by atoms with E-state index in [4.69, 9.17) is 18.9 Å². The number of nitrogens with one attached hydrogen (secondary N) is 1. The molecule has 170 valence electrons. The van der Waals surface area contributed by atoms with Gasteiger partial charge in [-0.05, 0) is 59.7 Å². The molecule has 2 rings (SSSR count). The first-order valence-corrected chi connectivity index (χ1v) is 10.9. The number of methoxy groups -OCH3 is 2. The molecule has 0 aliphatic heterocycles. The molecule has 1 heterocycles. The van der Waals surface area contributed by atoms with Gasteiger partial charge in [0.15, 0.2) is 18.1 Å². The number of carbonyl (C=O) groups excluding carboxylic acids is 1. The largest absolute Gasteiger partial charge is 0.493 e. The number of hydrazone groups is 1. The molecule has 10 heteroatoms. The number of aromatic nitrogens is 1. The highest BCUT2D eigenvalue weighted by Crippen LogP contribution is 2.33. The van der Waals surface area contributed by atoms with Crippen LogP contribution in [0.15, 0.2) is 23.3 Å². The number of hydrogen-bond acceptors (Lipinski definition) is 8. The fraction of sp³-hybridized carbons (Fsp3) is 0.364. The van der Waals surface area contributed by atoms with Crippen molar-refractivity contribution < 1.29 is 23.7 Å². The number of pyridine rings is 1. The summed E-state index contributed by atoms with van der Waals surface area (Å²) in [6, 6.07) is 7.43. The summed E-state index contributed by atoms with van der Waals surface area (Å²) in [5.41, 5.74) is 4.66. The second-order valence-corrected chi connectivity index (χ2v) is 7.77. The van der Waals surface area contributed by atoms with Crippen LogP contribution < -0.4 is 19.6 Å². The Labute approximate surface area is 200 Å². The summed E-state index contributed by atoms with van der Waals surface area (Å²) in [6.07, 6.45) is 2.38. The van der Waals surface area contributed by atoms with E-state index in [9.17, 15) is 10.1 Å². The van der Waals surface area contributed by atoms with Crippen molar-refractivity contribution in [2.75, 3.05) is 27.4 Å². The maximum absolute atomic E-state index is 12.1. The molecule has 2 aromatic rings. The molecular weight excluding hydrogens is 527 g/mol. The zero-order valence-electron chi connectivity index (χ0n) is 18.4. The van der Waals surface area contributed by atoms with Crippen LogP contribution in [-0.2, 0) is 16.1 Å². The lowest BCUT2D eigenvalue weighted by atomic mass is 10.1. The van der Waals surface area contributed by atoms with Crippen LogP contribution in [0.1, 0.15) is 35.7 Å². The molecule has 32 heavy (non-hydrogen) atoms. The first kappa shape index (κ1) is 25.4. The zero-order chi connectivity index (χ0) is 23.5. The lowest BCUT2D eigenvalue weighted by molar-refractivity contribution is -0.123. The molecule has 0 aliphatic carbocycles. The van der Waals surface area contributed by atoms with E-state index in [-0.39, 0.29) is 24.7 Å². The van der Waals surface area contributed by atoms with Crippen molar-refractivity contribution in [3.63, 3.8) is 0 Å². The minimum Gasteiger partial charge on any atom is -0.493 e. The van der Waals surface area contributed by atoms with Gasteiger partial charge in [-0.15, -0.1) is 0 Å². The van der Waals surface area contributed by atoms with Gasteiger partial charge in [-0.25, -0.2) is 10.4 Å². The summed E-state index contributed by atoms with van der Waals surface area (Å²) in [6.45, 7) is 4.28. The van der Waals surface area contributed by atoms with Crippen LogP contribution in [0, 0.1) is 21.8 Å². The van der Waals surface area contributed by atoms with Crippen molar-refractivity contribution in [1.29, 1.82) is 5.26 Å². The van der Waals surface area contributed by atoms with Crippen molar-refractivity contribution in [2.45, 2.75) is 26.9 Å². The molecule has 1 aromatic carbocycles. The third kappa shape index (κ3) is 7.06. The van der Waals surface area contributed by atoms with Gasteiger partial charge in [0.25, 0.3) is 5.91 Å². The van der Waals surface area contributed by atoms with Crippen molar-refractivity contribution in [2.24, 2.45) is 5.10 Å². The predicted molar refractivity (Wildman–Crippen MR) is 127 cm³/mol. The number of benzene rings is 1. The van der Waals surface area contributed by atoms with Crippen LogP contribution in [0.5, 0.6) is 17.4 Å². The molecule has 0 aliphatic rings. The topological polar surface area (TPSA) is 115 Å². The Morgan fingerprint density at radius 3 is 2.75 bits per heavy atom. The third-order valence-corrected chi connectivity index (χ3v) is 4.85. The zero-order valence-corrected chi connectivity index (χ0v) is 20.6. The van der Waals surface area contributed by atoms with E-state index in [0.717, 1.165) is 15.6 Å². The van der Waals surface area contributed by atoms with Crippen LogP contribution in [0.3, 0.4) is 0 Å². The Kier molecular flexibility index (Phi) is 10.2. The van der Waals surface area contributed by atoms with Crippen molar-refractivity contribution >= 4 is 34.7 Å². The highest BCUT2D eigenvalue weighted by atomic mass is 127. The molecule has 0 unspecified atom stereocenters. The third-order valence-electron chi connectivity index (χ3n) is 4.05. The average molecular weight is 552 g/mol. The van der Waals surface area contributed by atoms with Gasteiger partial charge in [-0.2, -0.15) is 10.4 Å². The molecule has 0 saturated heterocycles. The van der Waals surface area contributed by atoms with Crippen LogP contribution in [0.4, 0.5) is 0 Å². The molecule has 1 N–H and O–H groups in total. The lowest BCUT2D eigenvalue weighted by Crippen LogP contribution is -2.25. The van der Waals surface area contributed by atoms with Crippen LogP contribution in [0.25, 0.3) is 0 Å². The van der Waals surface area contributed by atoms with Gasteiger partial charge in [-0.3, -0.25) is 4.79 Å². The van der Waals surface area contributed by atoms with Gasteiger partial charge >= 0.3 is 0 Å². The number of nitriles is 1. The van der Waals surface area contributed by atoms with Gasteiger partial charge in [0.1, 0.15) is 11.6 Å². The monoisotopic (exact) mass is 552 g/mol. The first-order chi connectivity index (χ1) is 15.4. The van der Waals surface area contributed by atoms with Gasteiger partial charge in [0.2, 0.25) is 5.88 Å². The fourth-order valence-electron chi connectivity index (χ4n) is 2.71. The first-order valence-electron chi connectivity index (χ1n) is 9.78. The minimum atomic E-state index is -0.494. The molecule has 1 amide bonds. The van der Waals surface area contributed by atoms with Crippen LogP contribution >= 0.6 is 22.6 Å². The number of amides is 1. The number of aryl methyl sites for hydroxylation is 1. The summed E-state index contributed by atoms with van der Waals surface area (Å²) >= 11 is 2.16. The van der Waals surface area contributed by atoms with E-state index in [2.05, 4.69) is 38.1 Å². The van der Waals surface area contributed by atoms with E-state index < -0.39 is 5.91 Å². The van der Waals surface area contributed by atoms with Gasteiger partial charge in [0.05, 0.1) is 30.1 Å². The summed E-state index contributed by atoms with van der Waals surface area (Å²) in [4.78, 5) is 16.3. The number of ether oxygens (including phenoxy) is 4. The maximum atomic E-state index is 12.1. The Morgan fingerprint density at radius 1 is 1.31 bits per heavy atom. The van der Waals surface area contributed by atoms with E-state index >= 15 is 0 Å². The summed E-state index contributed by atoms with van der Waals surface area (Å²) in [7, 11) is 3.10. The van der Waals surface area contributed by atoms with Crippen LogP contribution in [-0.4, -0.2) is 44.5 Å². The second-order valence-electron chi connectivity index (χ2n) is 6.61. The second kappa shape index (κ2) is 12.8. The molecule has 0 spiro atoms. The van der Waals surface area contributed by atoms with Crippen molar-refractivity contribution in [1.82, 2.24) is 10.4 Å². The summed E-state index contributed by atoms with van der Waals surface area (Å²) in [5.74, 6) is 0.853. The lowest BCUT2D eigenvalue weighted by Gasteiger charge is -2.12. The number of nitrogens with zero attached hydrogens (tertiary/aromatic N) is 3. The molecule has 9 nitrogen and oxygen atoms in total. The molecule has 0 radical (unpaired) electrons. The molecular formula is C22H25IN4O5. The molecule has 0 bridgehead atoms. The minimum absolute atomic E-state index is 0.0839. The predicted octanol–water partition coefficient (Wildman–Crippen LogP) is 3.34. The molecule has 0 fully saturated rings. The number of carbonyl (C=O) groups is 1. The summed E-state index contributed by atoms with van der Waals surface area (Å²) in [5, 5.41) is 13.4. The standard InChI is InChI=1S/C22H25IN4O5/c1-5-6-31-21-18(23)8-15(9-19(21)30-4)11-25-27-20(28)13-32-22-17(10-24)16(12-29-3)7-14(2)26-22/h7-9,11H,5-6,12-13H2,1-4H3,(H,27,28)/b25-11+. The smallest absolute Gasteiger partial charge is 0.278 e. The number of hydrogen-bond donors (Lipinski definition) is 1. The highest BCUT2D eigenvalue weighted by molar-refractivity contribution is 14.1. The Morgan fingerprint density at radius 2 is 2.09 bits per heavy atom. The SMILES string of the molecule is CCCOc1c(I)cc(/C=N/NC(=O)COc2nc(C)cc(COC)c2C#N)cc1OC. The Balaban J connectivity index is 2.02. The van der Waals surface area contributed by atoms with E-state index in [1.165, 1.54) is 13.3 Å². The maximum Gasteiger partial charge on any atom is 0.278 e. The van der Waals surface area contributed by atoms with Crippen molar-refractivity contribution in [3.8, 4) is 23.4 Å². The van der Waals surface area contributed by atoms with E-state index in [0.29, 0.717) is 29.4 Å². The van der Waals surface area contributed by atoms with Gasteiger partial charge in [0, 0.05) is 18.4 Å². The molecule has 1 aromatic heterocycles. The van der Waals surface area contributed by atoms with E-state index in [1.807, 2.05) is 19.1 Å². The average Bonchev–Trinajstić information content (AvgIpc) is 2.76. The van der Waals surface area contributed by atoms with Crippen LogP contribution in [0.2, 0.25) is 0 Å². The van der Waals surface area contributed by atoms with Gasteiger partial charge < -0.3 is 18.9 Å². The number of halogens is 1. The van der Waals surface area contributed by atoms with E-state index in [1.54, 1.807) is 26.2 Å². The quantitative estimate of drug-likeness (QED) is 0.258. The molecule has 0 saturated carbocycles.